The molecule has 1 N–H and O–H groups in total. The highest BCUT2D eigenvalue weighted by molar-refractivity contribution is 4.89. The zero-order valence-corrected chi connectivity index (χ0v) is 9.27. The van der Waals surface area contributed by atoms with Crippen LogP contribution in [0.2, 0.25) is 0 Å². The summed E-state index contributed by atoms with van der Waals surface area (Å²) < 4.78 is 6.63. The lowest BCUT2D eigenvalue weighted by atomic mass is 10.4. The Morgan fingerprint density at radius 3 is 2.57 bits per heavy atom. The quantitative estimate of drug-likeness (QED) is 0.794. The lowest BCUT2D eigenvalue weighted by Gasteiger charge is -2.03. The number of hydrogen-bond acceptors (Lipinski definition) is 4. The Labute approximate surface area is 84.7 Å². The molecule has 0 saturated carbocycles. The molecule has 0 amide bonds. The third kappa shape index (κ3) is 4.94. The van der Waals surface area contributed by atoms with Crippen LogP contribution in [-0.2, 0) is 18.1 Å². The van der Waals surface area contributed by atoms with Gasteiger partial charge in [0.05, 0.1) is 18.9 Å². The van der Waals surface area contributed by atoms with Crippen molar-refractivity contribution in [2.24, 2.45) is 0 Å². The molecule has 0 spiro atoms. The normalized spacial score (nSPS) is 9.86. The lowest BCUT2D eigenvalue weighted by molar-refractivity contribution is 0.0635. The van der Waals surface area contributed by atoms with Crippen LogP contribution in [0.3, 0.4) is 0 Å². The van der Waals surface area contributed by atoms with Crippen molar-refractivity contribution in [2.75, 3.05) is 0 Å². The molecule has 0 radical (unpaired) electrons. The molecule has 5 nitrogen and oxygen atoms in total. The Balaban J connectivity index is 0.000000791. The fourth-order valence-corrected chi connectivity index (χ4v) is 0.726. The molecule has 1 heterocycles. The highest BCUT2D eigenvalue weighted by Crippen LogP contribution is 1.98. The molecular formula is C9H19N3O2. The van der Waals surface area contributed by atoms with Gasteiger partial charge in [0.15, 0.2) is 0 Å². The van der Waals surface area contributed by atoms with E-state index >= 15 is 0 Å². The summed E-state index contributed by atoms with van der Waals surface area (Å²) in [4.78, 5) is 0. The Morgan fingerprint density at radius 2 is 2.14 bits per heavy atom. The van der Waals surface area contributed by atoms with E-state index in [2.05, 4.69) is 10.3 Å². The van der Waals surface area contributed by atoms with E-state index in [1.54, 1.807) is 6.20 Å². The van der Waals surface area contributed by atoms with Crippen LogP contribution in [0.5, 0.6) is 0 Å². The molecule has 82 valence electrons. The second-order valence-corrected chi connectivity index (χ2v) is 2.75. The molecule has 0 atom stereocenters. The molecule has 0 bridgehead atoms. The molecule has 5 heteroatoms. The van der Waals surface area contributed by atoms with Gasteiger partial charge in [0.1, 0.15) is 12.4 Å². The van der Waals surface area contributed by atoms with Gasteiger partial charge in [0.2, 0.25) is 0 Å². The lowest BCUT2D eigenvalue weighted by Crippen LogP contribution is -2.02. The first-order valence-electron chi connectivity index (χ1n) is 4.84. The van der Waals surface area contributed by atoms with Crippen molar-refractivity contribution in [1.29, 1.82) is 0 Å². The summed E-state index contributed by atoms with van der Waals surface area (Å²) >= 11 is 0. The Bertz CT molecular complexity index is 236. The van der Waals surface area contributed by atoms with E-state index in [-0.39, 0.29) is 12.8 Å². The number of ether oxygens (including phenoxy) is 1. The van der Waals surface area contributed by atoms with Gasteiger partial charge in [-0.1, -0.05) is 19.1 Å². The van der Waals surface area contributed by atoms with Crippen LogP contribution in [0.1, 0.15) is 33.4 Å². The van der Waals surface area contributed by atoms with Crippen LogP contribution in [0.25, 0.3) is 0 Å². The molecule has 0 aliphatic rings. The van der Waals surface area contributed by atoms with E-state index in [1.165, 1.54) is 4.68 Å². The summed E-state index contributed by atoms with van der Waals surface area (Å²) in [5.41, 5.74) is 0.734. The first-order valence-corrected chi connectivity index (χ1v) is 4.84. The van der Waals surface area contributed by atoms with E-state index < -0.39 is 0 Å². The third-order valence-corrected chi connectivity index (χ3v) is 1.30. The highest BCUT2D eigenvalue weighted by atomic mass is 16.5. The number of aliphatic hydroxyl groups excluding tert-OH is 1. The molecule has 0 aliphatic heterocycles. The van der Waals surface area contributed by atoms with Gasteiger partial charge in [0.25, 0.3) is 0 Å². The molecule has 0 unspecified atom stereocenters. The minimum absolute atomic E-state index is 0.144. The standard InChI is InChI=1S/C7H13N3O2.C2H6/c1-6(2)12-4-7-3-10(5-11)9-8-7;1-2/h3,6,11H,4-5H2,1-2H3;1-2H3. The average molecular weight is 201 g/mol. The van der Waals surface area contributed by atoms with Crippen LogP contribution in [0.15, 0.2) is 6.20 Å². The molecule has 0 saturated heterocycles. The van der Waals surface area contributed by atoms with E-state index in [0.29, 0.717) is 6.61 Å². The maximum atomic E-state index is 8.65. The first kappa shape index (κ1) is 13.1. The smallest absolute Gasteiger partial charge is 0.137 e. The second-order valence-electron chi connectivity index (χ2n) is 2.75. The Morgan fingerprint density at radius 1 is 1.50 bits per heavy atom. The van der Waals surface area contributed by atoms with E-state index in [9.17, 15) is 0 Å². The molecule has 1 aromatic heterocycles. The largest absolute Gasteiger partial charge is 0.374 e. The van der Waals surface area contributed by atoms with Crippen LogP contribution in [-0.4, -0.2) is 26.2 Å². The average Bonchev–Trinajstić information content (AvgIpc) is 2.65. The molecule has 1 rings (SSSR count). The summed E-state index contributed by atoms with van der Waals surface area (Å²) in [6.07, 6.45) is 1.84. The van der Waals surface area contributed by atoms with Crippen molar-refractivity contribution in [2.45, 2.75) is 47.1 Å². The topological polar surface area (TPSA) is 60.2 Å². The predicted molar refractivity (Wildman–Crippen MR) is 53.5 cm³/mol. The SMILES string of the molecule is CC.CC(C)OCc1cn(CO)nn1. The summed E-state index contributed by atoms with van der Waals surface area (Å²) in [6, 6.07) is 0. The third-order valence-electron chi connectivity index (χ3n) is 1.30. The van der Waals surface area contributed by atoms with Crippen molar-refractivity contribution in [3.8, 4) is 0 Å². The summed E-state index contributed by atoms with van der Waals surface area (Å²) in [7, 11) is 0. The minimum Gasteiger partial charge on any atom is -0.374 e. The maximum absolute atomic E-state index is 8.65. The summed E-state index contributed by atoms with van der Waals surface area (Å²) in [5.74, 6) is 0. The molecule has 1 aromatic rings. The summed E-state index contributed by atoms with van der Waals surface area (Å²) in [6.45, 7) is 8.21. The predicted octanol–water partition coefficient (Wildman–Crippen LogP) is 1.18. The number of hydrogen-bond donors (Lipinski definition) is 1. The fraction of sp³-hybridized carbons (Fsp3) is 0.778. The number of rotatable bonds is 4. The van der Waals surface area contributed by atoms with Gasteiger partial charge >= 0.3 is 0 Å². The zero-order chi connectivity index (χ0) is 11.0. The zero-order valence-electron chi connectivity index (χ0n) is 9.27. The van der Waals surface area contributed by atoms with Gasteiger partial charge in [-0.3, -0.25) is 0 Å². The fourth-order valence-electron chi connectivity index (χ4n) is 0.726. The van der Waals surface area contributed by atoms with Gasteiger partial charge in [-0.05, 0) is 13.8 Å². The summed E-state index contributed by atoms with van der Waals surface area (Å²) in [5, 5.41) is 16.1. The van der Waals surface area contributed by atoms with Gasteiger partial charge in [-0.15, -0.1) is 5.10 Å². The van der Waals surface area contributed by atoms with Crippen LogP contribution in [0.4, 0.5) is 0 Å². The van der Waals surface area contributed by atoms with E-state index in [0.717, 1.165) is 5.69 Å². The van der Waals surface area contributed by atoms with Crippen molar-refractivity contribution >= 4 is 0 Å². The molecule has 14 heavy (non-hydrogen) atoms. The molecule has 0 fully saturated rings. The van der Waals surface area contributed by atoms with Crippen molar-refractivity contribution in [3.63, 3.8) is 0 Å². The second kappa shape index (κ2) is 7.46. The van der Waals surface area contributed by atoms with Gasteiger partial charge in [-0.2, -0.15) is 0 Å². The van der Waals surface area contributed by atoms with E-state index in [4.69, 9.17) is 9.84 Å². The Kier molecular flexibility index (Phi) is 6.96. The minimum atomic E-state index is -0.144. The van der Waals surface area contributed by atoms with E-state index in [1.807, 2.05) is 27.7 Å². The number of aliphatic hydroxyl groups is 1. The van der Waals surface area contributed by atoms with Gasteiger partial charge < -0.3 is 9.84 Å². The van der Waals surface area contributed by atoms with Crippen LogP contribution in [0, 0.1) is 0 Å². The van der Waals surface area contributed by atoms with Gasteiger partial charge in [0, 0.05) is 0 Å². The highest BCUT2D eigenvalue weighted by Gasteiger charge is 2.00. The monoisotopic (exact) mass is 201 g/mol. The van der Waals surface area contributed by atoms with Crippen LogP contribution >= 0.6 is 0 Å². The van der Waals surface area contributed by atoms with Crippen LogP contribution < -0.4 is 0 Å². The number of nitrogens with zero attached hydrogens (tertiary/aromatic N) is 3. The van der Waals surface area contributed by atoms with Crippen molar-refractivity contribution in [1.82, 2.24) is 15.0 Å². The maximum Gasteiger partial charge on any atom is 0.137 e. The molecule has 0 aliphatic carbocycles. The number of aromatic nitrogens is 3. The Hall–Kier alpha value is -0.940. The van der Waals surface area contributed by atoms with Gasteiger partial charge in [-0.25, -0.2) is 4.68 Å². The molecule has 0 aromatic carbocycles. The van der Waals surface area contributed by atoms with Crippen molar-refractivity contribution in [3.05, 3.63) is 11.9 Å². The molecular weight excluding hydrogens is 182 g/mol. The first-order chi connectivity index (χ1) is 6.72. The van der Waals surface area contributed by atoms with Crippen molar-refractivity contribution < 1.29 is 9.84 Å².